The summed E-state index contributed by atoms with van der Waals surface area (Å²) in [5.74, 6) is -0.464. The van der Waals surface area contributed by atoms with Gasteiger partial charge in [-0.05, 0) is 24.6 Å². The Morgan fingerprint density at radius 3 is 2.78 bits per heavy atom. The molecule has 2 rings (SSSR count). The number of methoxy groups -OCH3 is 1. The van der Waals surface area contributed by atoms with E-state index in [0.29, 0.717) is 5.56 Å². The standard InChI is InChI=1S/C14H12ClNO2/c1-9(8-15)11-7-10-5-3-4-6-12(10)16-13(11)14(17)18-2/h3-8H,1-2H3/b9-8+. The van der Waals surface area contributed by atoms with Crippen LogP contribution in [-0.2, 0) is 4.74 Å². The van der Waals surface area contributed by atoms with E-state index in [1.165, 1.54) is 12.6 Å². The van der Waals surface area contributed by atoms with Crippen molar-refractivity contribution in [1.82, 2.24) is 4.98 Å². The molecule has 0 unspecified atom stereocenters. The number of hydrogen-bond donors (Lipinski definition) is 0. The van der Waals surface area contributed by atoms with Crippen LogP contribution in [0.25, 0.3) is 16.5 Å². The molecule has 1 heterocycles. The van der Waals surface area contributed by atoms with Crippen LogP contribution in [0.5, 0.6) is 0 Å². The van der Waals surface area contributed by atoms with E-state index in [4.69, 9.17) is 16.3 Å². The molecule has 0 bridgehead atoms. The average Bonchev–Trinajstić information content (AvgIpc) is 2.44. The Hall–Kier alpha value is -1.87. The summed E-state index contributed by atoms with van der Waals surface area (Å²) in [6, 6.07) is 9.48. The number of ether oxygens (including phenoxy) is 1. The van der Waals surface area contributed by atoms with E-state index >= 15 is 0 Å². The molecule has 4 heteroatoms. The van der Waals surface area contributed by atoms with Gasteiger partial charge in [-0.15, -0.1) is 0 Å². The van der Waals surface area contributed by atoms with Crippen molar-refractivity contribution in [3.05, 3.63) is 47.1 Å². The third-order valence-electron chi connectivity index (χ3n) is 2.69. The lowest BCUT2D eigenvalue weighted by molar-refractivity contribution is 0.0594. The van der Waals surface area contributed by atoms with Crippen LogP contribution < -0.4 is 0 Å². The zero-order valence-electron chi connectivity index (χ0n) is 10.1. The lowest BCUT2D eigenvalue weighted by Gasteiger charge is -2.09. The van der Waals surface area contributed by atoms with Gasteiger partial charge in [0.15, 0.2) is 5.69 Å². The maximum Gasteiger partial charge on any atom is 0.357 e. The number of pyridine rings is 1. The van der Waals surface area contributed by atoms with Crippen LogP contribution in [0.15, 0.2) is 35.9 Å². The zero-order chi connectivity index (χ0) is 13.1. The fourth-order valence-electron chi connectivity index (χ4n) is 1.73. The number of carbonyl (C=O) groups excluding carboxylic acids is 1. The van der Waals surface area contributed by atoms with Gasteiger partial charge in [-0.3, -0.25) is 0 Å². The molecule has 0 aliphatic carbocycles. The van der Waals surface area contributed by atoms with Crippen molar-refractivity contribution in [2.75, 3.05) is 7.11 Å². The molecule has 0 spiro atoms. The highest BCUT2D eigenvalue weighted by atomic mass is 35.5. The van der Waals surface area contributed by atoms with E-state index in [2.05, 4.69) is 4.98 Å². The Labute approximate surface area is 110 Å². The van der Waals surface area contributed by atoms with E-state index in [9.17, 15) is 4.79 Å². The van der Waals surface area contributed by atoms with E-state index < -0.39 is 5.97 Å². The summed E-state index contributed by atoms with van der Waals surface area (Å²) in [4.78, 5) is 16.1. The van der Waals surface area contributed by atoms with Gasteiger partial charge in [0.05, 0.1) is 12.6 Å². The van der Waals surface area contributed by atoms with Crippen molar-refractivity contribution < 1.29 is 9.53 Å². The number of hydrogen-bond acceptors (Lipinski definition) is 3. The molecule has 0 aliphatic heterocycles. The monoisotopic (exact) mass is 261 g/mol. The summed E-state index contributed by atoms with van der Waals surface area (Å²) in [5.41, 5.74) is 3.93. The number of para-hydroxylation sites is 1. The van der Waals surface area contributed by atoms with Crippen LogP contribution in [0, 0.1) is 0 Å². The van der Waals surface area contributed by atoms with Crippen LogP contribution in [0.1, 0.15) is 23.0 Å². The summed E-state index contributed by atoms with van der Waals surface area (Å²) >= 11 is 5.72. The third kappa shape index (κ3) is 2.22. The Morgan fingerprint density at radius 2 is 2.11 bits per heavy atom. The number of allylic oxidation sites excluding steroid dienone is 1. The summed E-state index contributed by atoms with van der Waals surface area (Å²) in [6.07, 6.45) is 0. The van der Waals surface area contributed by atoms with Gasteiger partial charge in [-0.2, -0.15) is 0 Å². The Morgan fingerprint density at radius 1 is 1.39 bits per heavy atom. The average molecular weight is 262 g/mol. The molecule has 1 aromatic heterocycles. The van der Waals surface area contributed by atoms with Crippen molar-refractivity contribution in [3.63, 3.8) is 0 Å². The molecule has 0 saturated carbocycles. The summed E-state index contributed by atoms with van der Waals surface area (Å²) < 4.78 is 4.75. The Balaban J connectivity index is 2.75. The smallest absolute Gasteiger partial charge is 0.357 e. The van der Waals surface area contributed by atoms with E-state index in [1.54, 1.807) is 0 Å². The van der Waals surface area contributed by atoms with Crippen molar-refractivity contribution >= 4 is 34.0 Å². The van der Waals surface area contributed by atoms with Crippen molar-refractivity contribution in [1.29, 1.82) is 0 Å². The first kappa shape index (κ1) is 12.6. The van der Waals surface area contributed by atoms with Crippen molar-refractivity contribution in [2.24, 2.45) is 0 Å². The van der Waals surface area contributed by atoms with E-state index in [0.717, 1.165) is 16.5 Å². The number of nitrogens with zero attached hydrogens (tertiary/aromatic N) is 1. The van der Waals surface area contributed by atoms with Gasteiger partial charge >= 0.3 is 5.97 Å². The highest BCUT2D eigenvalue weighted by Gasteiger charge is 2.16. The second-order valence-electron chi connectivity index (χ2n) is 3.86. The first-order valence-electron chi connectivity index (χ1n) is 5.43. The third-order valence-corrected chi connectivity index (χ3v) is 3.02. The van der Waals surface area contributed by atoms with Gasteiger partial charge in [-0.1, -0.05) is 29.8 Å². The molecule has 0 N–H and O–H groups in total. The highest BCUT2D eigenvalue weighted by molar-refractivity contribution is 6.28. The molecule has 0 aliphatic rings. The predicted octanol–water partition coefficient (Wildman–Crippen LogP) is 3.62. The highest BCUT2D eigenvalue weighted by Crippen LogP contribution is 2.24. The van der Waals surface area contributed by atoms with Crippen LogP contribution in [0.4, 0.5) is 0 Å². The first-order chi connectivity index (χ1) is 8.67. The number of fused-ring (bicyclic) bond motifs is 1. The summed E-state index contributed by atoms with van der Waals surface area (Å²) in [5, 5.41) is 0.956. The zero-order valence-corrected chi connectivity index (χ0v) is 10.9. The fourth-order valence-corrected chi connectivity index (χ4v) is 1.85. The summed E-state index contributed by atoms with van der Waals surface area (Å²) in [7, 11) is 1.34. The van der Waals surface area contributed by atoms with Crippen molar-refractivity contribution in [2.45, 2.75) is 6.92 Å². The van der Waals surface area contributed by atoms with Crippen LogP contribution in [-0.4, -0.2) is 18.1 Å². The SMILES string of the molecule is COC(=O)c1nc2ccccc2cc1/C(C)=C/Cl. The number of esters is 1. The second-order valence-corrected chi connectivity index (χ2v) is 4.08. The van der Waals surface area contributed by atoms with Gasteiger partial charge in [0.25, 0.3) is 0 Å². The lowest BCUT2D eigenvalue weighted by atomic mass is 10.0. The fraction of sp³-hybridized carbons (Fsp3) is 0.143. The predicted molar refractivity (Wildman–Crippen MR) is 72.6 cm³/mol. The van der Waals surface area contributed by atoms with Crippen LogP contribution in [0.2, 0.25) is 0 Å². The molecule has 1 aromatic carbocycles. The van der Waals surface area contributed by atoms with Gasteiger partial charge in [0.2, 0.25) is 0 Å². The minimum Gasteiger partial charge on any atom is -0.464 e. The first-order valence-corrected chi connectivity index (χ1v) is 5.86. The number of rotatable bonds is 2. The molecule has 2 aromatic rings. The topological polar surface area (TPSA) is 39.2 Å². The molecule has 0 saturated heterocycles. The van der Waals surface area contributed by atoms with Gasteiger partial charge < -0.3 is 4.74 Å². The molecule has 0 amide bonds. The summed E-state index contributed by atoms with van der Waals surface area (Å²) in [6.45, 7) is 1.82. The minimum absolute atomic E-state index is 0.283. The normalized spacial score (nSPS) is 11.6. The molecule has 18 heavy (non-hydrogen) atoms. The van der Waals surface area contributed by atoms with Crippen molar-refractivity contribution in [3.8, 4) is 0 Å². The number of carbonyl (C=O) groups is 1. The molecule has 0 fully saturated rings. The molecule has 0 atom stereocenters. The molecular formula is C14H12ClNO2. The largest absolute Gasteiger partial charge is 0.464 e. The van der Waals surface area contributed by atoms with Crippen LogP contribution >= 0.6 is 11.6 Å². The van der Waals surface area contributed by atoms with E-state index in [-0.39, 0.29) is 5.69 Å². The molecular weight excluding hydrogens is 250 g/mol. The number of benzene rings is 1. The Kier molecular flexibility index (Phi) is 3.63. The van der Waals surface area contributed by atoms with Crippen LogP contribution in [0.3, 0.4) is 0 Å². The molecule has 92 valence electrons. The van der Waals surface area contributed by atoms with Gasteiger partial charge in [0.1, 0.15) is 0 Å². The maximum atomic E-state index is 11.7. The van der Waals surface area contributed by atoms with E-state index in [1.807, 2.05) is 37.3 Å². The van der Waals surface area contributed by atoms with Gasteiger partial charge in [-0.25, -0.2) is 9.78 Å². The quantitative estimate of drug-likeness (QED) is 0.775. The molecule has 3 nitrogen and oxygen atoms in total. The maximum absolute atomic E-state index is 11.7. The Bertz CT molecular complexity index is 635. The molecule has 0 radical (unpaired) electrons. The number of halogens is 1. The van der Waals surface area contributed by atoms with Gasteiger partial charge in [0, 0.05) is 16.5 Å². The second kappa shape index (κ2) is 5.19. The minimum atomic E-state index is -0.464. The lowest BCUT2D eigenvalue weighted by Crippen LogP contribution is -2.08. The number of aromatic nitrogens is 1.